The molecule has 0 bridgehead atoms. The van der Waals surface area contributed by atoms with E-state index in [0.29, 0.717) is 0 Å². The maximum Gasteiger partial charge on any atom is 0.100 e. The Hall–Kier alpha value is -0.210. The molecule has 7 heteroatoms. The van der Waals surface area contributed by atoms with E-state index in [4.69, 9.17) is 25.2 Å². The van der Waals surface area contributed by atoms with E-state index in [0.717, 1.165) is 6.54 Å². The summed E-state index contributed by atoms with van der Waals surface area (Å²) in [5.74, 6) is 0. The minimum absolute atomic E-state index is 0. The monoisotopic (exact) mass is 287 g/mol. The van der Waals surface area contributed by atoms with Gasteiger partial charge in [-0.1, -0.05) is 6.08 Å². The predicted octanol–water partition coefficient (Wildman–Crippen LogP) is -1.13. The third kappa shape index (κ3) is 21.1. The Labute approximate surface area is 115 Å². The topological polar surface area (TPSA) is 93.4 Å². The van der Waals surface area contributed by atoms with E-state index in [1.54, 1.807) is 0 Å². The van der Waals surface area contributed by atoms with E-state index in [2.05, 4.69) is 11.5 Å². The van der Waals surface area contributed by atoms with Crippen molar-refractivity contribution in [1.29, 1.82) is 0 Å². The molecule has 0 saturated heterocycles. The van der Waals surface area contributed by atoms with Crippen molar-refractivity contribution in [1.82, 2.24) is 4.90 Å². The quantitative estimate of drug-likeness (QED) is 0.422. The van der Waals surface area contributed by atoms with Crippen molar-refractivity contribution in [2.45, 2.75) is 12.2 Å². The van der Waals surface area contributed by atoms with E-state index < -0.39 is 12.2 Å². The molecule has 6 nitrogen and oxygen atoms in total. The first-order valence-electron chi connectivity index (χ1n) is 5.39. The molecule has 0 aliphatic heterocycles. The highest BCUT2D eigenvalue weighted by Gasteiger charge is 2.04. The van der Waals surface area contributed by atoms with Crippen LogP contribution in [-0.2, 0) is 4.74 Å². The summed E-state index contributed by atoms with van der Waals surface area (Å²) in [5, 5.41) is 34.1. The summed E-state index contributed by atoms with van der Waals surface area (Å²) in [4.78, 5) is 2.06. The van der Waals surface area contributed by atoms with E-state index in [-0.39, 0.29) is 38.8 Å². The number of hydrogen-bond acceptors (Lipinski definition) is 6. The second kappa shape index (κ2) is 16.8. The van der Waals surface area contributed by atoms with Crippen molar-refractivity contribution < 1.29 is 25.2 Å². The maximum atomic E-state index is 8.72. The van der Waals surface area contributed by atoms with Gasteiger partial charge < -0.3 is 30.1 Å². The molecule has 0 heterocycles. The van der Waals surface area contributed by atoms with Gasteiger partial charge >= 0.3 is 0 Å². The van der Waals surface area contributed by atoms with Crippen molar-refractivity contribution in [3.8, 4) is 0 Å². The molecule has 2 atom stereocenters. The summed E-state index contributed by atoms with van der Waals surface area (Å²) < 4.78 is 4.72. The third-order valence-electron chi connectivity index (χ3n) is 1.54. The van der Waals surface area contributed by atoms with Gasteiger partial charge in [0, 0.05) is 6.54 Å². The van der Waals surface area contributed by atoms with Crippen molar-refractivity contribution in [3.63, 3.8) is 0 Å². The van der Waals surface area contributed by atoms with E-state index in [1.807, 2.05) is 20.2 Å². The Morgan fingerprint density at radius 1 is 1.11 bits per heavy atom. The van der Waals surface area contributed by atoms with Gasteiger partial charge in [-0.05, 0) is 14.1 Å². The number of likely N-dealkylation sites (N-methyl/N-ethyl adjacent to an activating group) is 1. The summed E-state index contributed by atoms with van der Waals surface area (Å²) in [6.07, 6.45) is 0.0433. The summed E-state index contributed by atoms with van der Waals surface area (Å²) >= 11 is 0. The highest BCUT2D eigenvalue weighted by atomic mass is 35.5. The zero-order chi connectivity index (χ0) is 13.7. The van der Waals surface area contributed by atoms with Gasteiger partial charge in [-0.3, -0.25) is 0 Å². The van der Waals surface area contributed by atoms with Gasteiger partial charge in [-0.25, -0.2) is 0 Å². The lowest BCUT2D eigenvalue weighted by atomic mass is 10.4. The number of aliphatic hydroxyl groups is 4. The fourth-order valence-electron chi connectivity index (χ4n) is 0.704. The molecule has 0 aliphatic rings. The van der Waals surface area contributed by atoms with E-state index in [1.165, 1.54) is 0 Å². The fourth-order valence-corrected chi connectivity index (χ4v) is 0.704. The standard InChI is InChI=1S/C6H14O5.C5H11N.ClH/c7-1-5(9)3-11-4-6(10)2-8;1-4-5-6(2)3;/h5-10H,1-4H2;4H,1,5H2,2-3H3;1H. The third-order valence-corrected chi connectivity index (χ3v) is 1.54. The largest absolute Gasteiger partial charge is 0.394 e. The van der Waals surface area contributed by atoms with Gasteiger partial charge in [-0.15, -0.1) is 19.0 Å². The minimum atomic E-state index is -0.916. The average molecular weight is 288 g/mol. The lowest BCUT2D eigenvalue weighted by molar-refractivity contribution is -0.0364. The first-order chi connectivity index (χ1) is 7.97. The molecule has 0 aromatic carbocycles. The van der Waals surface area contributed by atoms with Crippen molar-refractivity contribution in [2.75, 3.05) is 47.1 Å². The first kappa shape index (κ1) is 22.9. The molecular formula is C11H26ClNO5. The average Bonchev–Trinajstić information content (AvgIpc) is 2.29. The number of rotatable bonds is 8. The Balaban J connectivity index is -0.000000277. The van der Waals surface area contributed by atoms with Crippen LogP contribution in [0.2, 0.25) is 0 Å². The lowest BCUT2D eigenvalue weighted by Crippen LogP contribution is -2.25. The molecule has 2 unspecified atom stereocenters. The molecule has 0 rings (SSSR count). The molecule has 18 heavy (non-hydrogen) atoms. The SMILES string of the molecule is C=CCN(C)C.Cl.OCC(O)COCC(O)CO. The van der Waals surface area contributed by atoms with Crippen LogP contribution in [0.4, 0.5) is 0 Å². The highest BCUT2D eigenvalue weighted by molar-refractivity contribution is 5.85. The Morgan fingerprint density at radius 2 is 1.50 bits per heavy atom. The smallest absolute Gasteiger partial charge is 0.100 e. The molecule has 0 radical (unpaired) electrons. The van der Waals surface area contributed by atoms with E-state index in [9.17, 15) is 0 Å². The summed E-state index contributed by atoms with van der Waals surface area (Å²) in [7, 11) is 4.03. The fraction of sp³-hybridized carbons (Fsp3) is 0.818. The van der Waals surface area contributed by atoms with Crippen LogP contribution in [0.5, 0.6) is 0 Å². The van der Waals surface area contributed by atoms with Gasteiger partial charge in [0.15, 0.2) is 0 Å². The molecule has 0 spiro atoms. The molecule has 0 saturated carbocycles. The second-order valence-corrected chi connectivity index (χ2v) is 3.76. The van der Waals surface area contributed by atoms with Crippen LogP contribution in [-0.4, -0.2) is 84.6 Å². The van der Waals surface area contributed by atoms with Gasteiger partial charge in [0.1, 0.15) is 12.2 Å². The lowest BCUT2D eigenvalue weighted by Gasteiger charge is -2.10. The number of ether oxygens (including phenoxy) is 1. The maximum absolute atomic E-state index is 8.72. The zero-order valence-corrected chi connectivity index (χ0v) is 11.8. The summed E-state index contributed by atoms with van der Waals surface area (Å²) in [6.45, 7) is 3.73. The molecule has 4 N–H and O–H groups in total. The molecule has 0 aromatic heterocycles. The summed E-state index contributed by atoms with van der Waals surface area (Å²) in [6, 6.07) is 0. The Bertz CT molecular complexity index is 162. The number of aliphatic hydroxyl groups excluding tert-OH is 4. The molecule has 0 aromatic rings. The van der Waals surface area contributed by atoms with Gasteiger partial charge in [0.2, 0.25) is 0 Å². The van der Waals surface area contributed by atoms with Gasteiger partial charge in [0.05, 0.1) is 26.4 Å². The highest BCUT2D eigenvalue weighted by Crippen LogP contribution is 1.87. The van der Waals surface area contributed by atoms with Crippen LogP contribution in [0.3, 0.4) is 0 Å². The van der Waals surface area contributed by atoms with Crippen molar-refractivity contribution in [3.05, 3.63) is 12.7 Å². The molecule has 112 valence electrons. The molecule has 0 fully saturated rings. The normalized spacial score (nSPS) is 13.1. The number of nitrogens with zero attached hydrogens (tertiary/aromatic N) is 1. The molecule has 0 amide bonds. The van der Waals surface area contributed by atoms with Crippen LogP contribution in [0, 0.1) is 0 Å². The van der Waals surface area contributed by atoms with Gasteiger partial charge in [0.25, 0.3) is 0 Å². The van der Waals surface area contributed by atoms with Gasteiger partial charge in [-0.2, -0.15) is 0 Å². The van der Waals surface area contributed by atoms with Crippen LogP contribution in [0.25, 0.3) is 0 Å². The first-order valence-corrected chi connectivity index (χ1v) is 5.39. The van der Waals surface area contributed by atoms with Crippen LogP contribution in [0.15, 0.2) is 12.7 Å². The van der Waals surface area contributed by atoms with E-state index >= 15 is 0 Å². The Kier molecular flexibility index (Phi) is 21.4. The second-order valence-electron chi connectivity index (χ2n) is 3.76. The minimum Gasteiger partial charge on any atom is -0.394 e. The molecule has 0 aliphatic carbocycles. The zero-order valence-electron chi connectivity index (χ0n) is 11.0. The van der Waals surface area contributed by atoms with Crippen LogP contribution in [0.1, 0.15) is 0 Å². The predicted molar refractivity (Wildman–Crippen MR) is 73.0 cm³/mol. The van der Waals surface area contributed by atoms with Crippen molar-refractivity contribution >= 4 is 12.4 Å². The number of halogens is 1. The van der Waals surface area contributed by atoms with Crippen molar-refractivity contribution in [2.24, 2.45) is 0 Å². The summed E-state index contributed by atoms with van der Waals surface area (Å²) in [5.41, 5.74) is 0. The Morgan fingerprint density at radius 3 is 1.67 bits per heavy atom. The number of hydrogen-bond donors (Lipinski definition) is 4. The van der Waals surface area contributed by atoms with Crippen LogP contribution < -0.4 is 0 Å². The molecular weight excluding hydrogens is 262 g/mol. The van der Waals surface area contributed by atoms with Crippen LogP contribution >= 0.6 is 12.4 Å².